The Morgan fingerprint density at radius 2 is 1.81 bits per heavy atom. The van der Waals surface area contributed by atoms with Gasteiger partial charge in [-0.15, -0.1) is 0 Å². The molecule has 0 aromatic heterocycles. The minimum absolute atomic E-state index is 0.0836. The number of nitrogens with zero attached hydrogens (tertiary/aromatic N) is 1. The number of hydrogen-bond donors (Lipinski definition) is 1. The van der Waals surface area contributed by atoms with Crippen LogP contribution in [-0.4, -0.2) is 49.7 Å². The van der Waals surface area contributed by atoms with Gasteiger partial charge in [-0.1, -0.05) is 31.4 Å². The summed E-state index contributed by atoms with van der Waals surface area (Å²) in [6.07, 6.45) is 6.60. The van der Waals surface area contributed by atoms with Crippen LogP contribution in [0.3, 0.4) is 0 Å². The molecule has 0 bridgehead atoms. The lowest BCUT2D eigenvalue weighted by atomic mass is 9.96. The molecule has 1 aromatic carbocycles. The molecule has 27 heavy (non-hydrogen) atoms. The van der Waals surface area contributed by atoms with Crippen molar-refractivity contribution in [2.75, 3.05) is 26.8 Å². The van der Waals surface area contributed by atoms with E-state index in [0.717, 1.165) is 30.6 Å². The maximum atomic E-state index is 12.7. The maximum Gasteiger partial charge on any atom is 0.317 e. The molecule has 6 heteroatoms. The summed E-state index contributed by atoms with van der Waals surface area (Å²) in [7, 11) is 1.64. The minimum atomic E-state index is -0.266. The lowest BCUT2D eigenvalue weighted by Gasteiger charge is -2.28. The van der Waals surface area contributed by atoms with Crippen molar-refractivity contribution in [1.29, 1.82) is 0 Å². The zero-order valence-electron chi connectivity index (χ0n) is 16.5. The van der Waals surface area contributed by atoms with E-state index in [0.29, 0.717) is 19.7 Å². The second-order valence-electron chi connectivity index (χ2n) is 6.92. The summed E-state index contributed by atoms with van der Waals surface area (Å²) < 4.78 is 10.2. The van der Waals surface area contributed by atoms with Gasteiger partial charge in [0.15, 0.2) is 0 Å². The highest BCUT2D eigenvalue weighted by atomic mass is 16.5. The topological polar surface area (TPSA) is 67.9 Å². The zero-order chi connectivity index (χ0) is 19.5. The number of rotatable bonds is 9. The van der Waals surface area contributed by atoms with E-state index < -0.39 is 0 Å². The molecule has 2 rings (SSSR count). The van der Waals surface area contributed by atoms with Gasteiger partial charge < -0.3 is 19.7 Å². The molecule has 0 aliphatic heterocycles. The fourth-order valence-electron chi connectivity index (χ4n) is 3.34. The summed E-state index contributed by atoms with van der Waals surface area (Å²) in [6.45, 7) is 3.08. The Bertz CT molecular complexity index is 582. The number of esters is 1. The molecule has 0 unspecified atom stereocenters. The van der Waals surface area contributed by atoms with Crippen LogP contribution < -0.4 is 10.1 Å². The third-order valence-corrected chi connectivity index (χ3v) is 4.94. The molecule has 0 saturated heterocycles. The van der Waals surface area contributed by atoms with Gasteiger partial charge in [0.25, 0.3) is 0 Å². The van der Waals surface area contributed by atoms with E-state index in [2.05, 4.69) is 5.32 Å². The molecule has 1 fully saturated rings. The SMILES string of the molecule is CCOC(=O)CCN(CCc1ccc(OC)cc1)C(=O)NC1CCCCC1. The molecule has 0 radical (unpaired) electrons. The Kier molecular flexibility index (Phi) is 8.95. The van der Waals surface area contributed by atoms with Gasteiger partial charge in [0.1, 0.15) is 5.75 Å². The number of urea groups is 1. The first-order chi connectivity index (χ1) is 13.1. The van der Waals surface area contributed by atoms with Crippen LogP contribution in [0, 0.1) is 0 Å². The summed E-state index contributed by atoms with van der Waals surface area (Å²) in [5.41, 5.74) is 1.13. The van der Waals surface area contributed by atoms with Crippen molar-refractivity contribution in [3.05, 3.63) is 29.8 Å². The third kappa shape index (κ3) is 7.49. The van der Waals surface area contributed by atoms with Gasteiger partial charge in [0, 0.05) is 19.1 Å². The smallest absolute Gasteiger partial charge is 0.317 e. The van der Waals surface area contributed by atoms with Crippen LogP contribution in [0.1, 0.15) is 51.0 Å². The van der Waals surface area contributed by atoms with Crippen molar-refractivity contribution in [1.82, 2.24) is 10.2 Å². The number of ether oxygens (including phenoxy) is 2. The first kappa shape index (κ1) is 21.1. The van der Waals surface area contributed by atoms with Gasteiger partial charge in [-0.2, -0.15) is 0 Å². The quantitative estimate of drug-likeness (QED) is 0.670. The normalized spacial score (nSPS) is 14.4. The fraction of sp³-hybridized carbons (Fsp3) is 0.619. The highest BCUT2D eigenvalue weighted by molar-refractivity contribution is 5.76. The number of carbonyl (C=O) groups excluding carboxylic acids is 2. The number of hydrogen-bond acceptors (Lipinski definition) is 4. The molecule has 1 aliphatic rings. The highest BCUT2D eigenvalue weighted by Gasteiger charge is 2.20. The van der Waals surface area contributed by atoms with Crippen LogP contribution in [0.25, 0.3) is 0 Å². The zero-order valence-corrected chi connectivity index (χ0v) is 16.5. The Morgan fingerprint density at radius 1 is 1.11 bits per heavy atom. The molecule has 0 heterocycles. The van der Waals surface area contributed by atoms with Gasteiger partial charge in [0.05, 0.1) is 20.1 Å². The third-order valence-electron chi connectivity index (χ3n) is 4.94. The molecule has 2 amide bonds. The van der Waals surface area contributed by atoms with Gasteiger partial charge in [0.2, 0.25) is 0 Å². The van der Waals surface area contributed by atoms with Crippen LogP contribution in [0.5, 0.6) is 5.75 Å². The van der Waals surface area contributed by atoms with E-state index in [1.54, 1.807) is 18.9 Å². The molecule has 1 aliphatic carbocycles. The van der Waals surface area contributed by atoms with Gasteiger partial charge in [-0.25, -0.2) is 4.79 Å². The molecule has 6 nitrogen and oxygen atoms in total. The predicted octanol–water partition coefficient (Wildman–Crippen LogP) is 3.54. The van der Waals surface area contributed by atoms with E-state index >= 15 is 0 Å². The van der Waals surface area contributed by atoms with E-state index in [-0.39, 0.29) is 24.5 Å². The second-order valence-corrected chi connectivity index (χ2v) is 6.92. The summed E-state index contributed by atoms with van der Waals surface area (Å²) in [4.78, 5) is 26.2. The number of carbonyl (C=O) groups is 2. The lowest BCUT2D eigenvalue weighted by molar-refractivity contribution is -0.143. The van der Waals surface area contributed by atoms with E-state index in [4.69, 9.17) is 9.47 Å². The maximum absolute atomic E-state index is 12.7. The fourth-order valence-corrected chi connectivity index (χ4v) is 3.34. The van der Waals surface area contributed by atoms with E-state index in [1.165, 1.54) is 19.3 Å². The average molecular weight is 376 g/mol. The van der Waals surface area contributed by atoms with E-state index in [1.807, 2.05) is 24.3 Å². The second kappa shape index (κ2) is 11.5. The Labute approximate surface area is 162 Å². The van der Waals surface area contributed by atoms with Crippen molar-refractivity contribution in [2.45, 2.75) is 57.9 Å². The summed E-state index contributed by atoms with van der Waals surface area (Å²) >= 11 is 0. The number of amides is 2. The average Bonchev–Trinajstić information content (AvgIpc) is 2.69. The van der Waals surface area contributed by atoms with Crippen LogP contribution in [0.15, 0.2) is 24.3 Å². The van der Waals surface area contributed by atoms with Crippen molar-refractivity contribution in [3.8, 4) is 5.75 Å². The molecular weight excluding hydrogens is 344 g/mol. The van der Waals surface area contributed by atoms with Crippen LogP contribution in [0.2, 0.25) is 0 Å². The van der Waals surface area contributed by atoms with Crippen LogP contribution in [-0.2, 0) is 16.0 Å². The van der Waals surface area contributed by atoms with Crippen molar-refractivity contribution < 1.29 is 19.1 Å². The number of methoxy groups -OCH3 is 1. The summed E-state index contributed by atoms with van der Waals surface area (Å²) in [5.74, 6) is 0.547. The van der Waals surface area contributed by atoms with Crippen molar-refractivity contribution in [3.63, 3.8) is 0 Å². The highest BCUT2D eigenvalue weighted by Crippen LogP contribution is 2.18. The standard InChI is InChI=1S/C21H32N2O4/c1-3-27-20(24)14-16-23(21(25)22-18-7-5-4-6-8-18)15-13-17-9-11-19(26-2)12-10-17/h9-12,18H,3-8,13-16H2,1-2H3,(H,22,25). The molecule has 1 saturated carbocycles. The van der Waals surface area contributed by atoms with Gasteiger partial charge in [-0.3, -0.25) is 4.79 Å². The lowest BCUT2D eigenvalue weighted by Crippen LogP contribution is -2.46. The Balaban J connectivity index is 1.92. The molecule has 0 atom stereocenters. The van der Waals surface area contributed by atoms with Gasteiger partial charge in [-0.05, 0) is 43.9 Å². The largest absolute Gasteiger partial charge is 0.497 e. The Morgan fingerprint density at radius 3 is 2.44 bits per heavy atom. The van der Waals surface area contributed by atoms with Gasteiger partial charge >= 0.3 is 12.0 Å². The molecule has 1 aromatic rings. The number of nitrogens with one attached hydrogen (secondary N) is 1. The molecular formula is C21H32N2O4. The first-order valence-electron chi connectivity index (χ1n) is 9.96. The summed E-state index contributed by atoms with van der Waals surface area (Å²) in [5, 5.41) is 3.14. The summed E-state index contributed by atoms with van der Waals surface area (Å²) in [6, 6.07) is 8.00. The monoisotopic (exact) mass is 376 g/mol. The van der Waals surface area contributed by atoms with Crippen molar-refractivity contribution in [2.24, 2.45) is 0 Å². The first-order valence-corrected chi connectivity index (χ1v) is 9.96. The van der Waals surface area contributed by atoms with E-state index in [9.17, 15) is 9.59 Å². The molecule has 1 N–H and O–H groups in total. The Hall–Kier alpha value is -2.24. The number of benzene rings is 1. The minimum Gasteiger partial charge on any atom is -0.497 e. The molecule has 150 valence electrons. The van der Waals surface area contributed by atoms with Crippen molar-refractivity contribution >= 4 is 12.0 Å². The molecule has 0 spiro atoms. The van der Waals surface area contributed by atoms with Crippen LogP contribution in [0.4, 0.5) is 4.79 Å². The predicted molar refractivity (Wildman–Crippen MR) is 105 cm³/mol. The van der Waals surface area contributed by atoms with Crippen LogP contribution >= 0.6 is 0 Å².